The maximum atomic E-state index is 12.0. The largest absolute Gasteiger partial charge is 0.401 e. The van der Waals surface area contributed by atoms with Crippen LogP contribution in [-0.2, 0) is 0 Å². The van der Waals surface area contributed by atoms with Crippen LogP contribution in [-0.4, -0.2) is 69.8 Å². The molecule has 0 heterocycles. The quantitative estimate of drug-likeness (QED) is 0.640. The molecule has 0 bridgehead atoms. The Morgan fingerprint density at radius 1 is 1.00 bits per heavy atom. The number of nitrogens with zero attached hydrogens (tertiary/aromatic N) is 2. The Morgan fingerprint density at radius 2 is 1.62 bits per heavy atom. The Kier molecular flexibility index (Phi) is 7.70. The van der Waals surface area contributed by atoms with Gasteiger partial charge in [0.2, 0.25) is 0 Å². The van der Waals surface area contributed by atoms with Crippen molar-refractivity contribution in [3.63, 3.8) is 0 Å². The van der Waals surface area contributed by atoms with Gasteiger partial charge in [0.15, 0.2) is 0 Å². The lowest BCUT2D eigenvalue weighted by Gasteiger charge is -2.18. The van der Waals surface area contributed by atoms with Crippen molar-refractivity contribution in [1.82, 2.24) is 15.1 Å². The van der Waals surface area contributed by atoms with Crippen molar-refractivity contribution in [2.75, 3.05) is 53.9 Å². The van der Waals surface area contributed by atoms with E-state index in [1.807, 2.05) is 14.1 Å². The predicted octanol–water partition coefficient (Wildman–Crippen LogP) is 1.02. The molecule has 0 aromatic carbocycles. The highest BCUT2D eigenvalue weighted by Crippen LogP contribution is 2.14. The first-order valence-corrected chi connectivity index (χ1v) is 5.42. The molecule has 0 spiro atoms. The molecule has 16 heavy (non-hydrogen) atoms. The summed E-state index contributed by atoms with van der Waals surface area (Å²) in [6.45, 7) is 2.01. The number of alkyl halides is 3. The first-order chi connectivity index (χ1) is 7.31. The molecular formula is C10H22F3N3. The van der Waals surface area contributed by atoms with Crippen LogP contribution in [0.15, 0.2) is 0 Å². The summed E-state index contributed by atoms with van der Waals surface area (Å²) in [5.74, 6) is 0. The molecule has 0 saturated carbocycles. The van der Waals surface area contributed by atoms with Gasteiger partial charge in [0.05, 0.1) is 6.54 Å². The number of rotatable bonds is 8. The second-order valence-electron chi connectivity index (χ2n) is 4.26. The molecule has 3 nitrogen and oxygen atoms in total. The van der Waals surface area contributed by atoms with Crippen LogP contribution in [0.4, 0.5) is 13.2 Å². The zero-order valence-corrected chi connectivity index (χ0v) is 10.3. The van der Waals surface area contributed by atoms with E-state index in [0.717, 1.165) is 19.5 Å². The third-order valence-electron chi connectivity index (χ3n) is 2.08. The van der Waals surface area contributed by atoms with Gasteiger partial charge < -0.3 is 10.2 Å². The Balaban J connectivity index is 3.31. The van der Waals surface area contributed by atoms with E-state index in [9.17, 15) is 13.2 Å². The molecule has 0 aliphatic carbocycles. The Labute approximate surface area is 95.6 Å². The standard InChI is InChI=1S/C10H22F3N3/c1-15(2)7-4-5-14-6-8-16(3)9-10(11,12)13/h14H,4-9H2,1-3H3. The van der Waals surface area contributed by atoms with Gasteiger partial charge in [-0.15, -0.1) is 0 Å². The van der Waals surface area contributed by atoms with Crippen molar-refractivity contribution < 1.29 is 13.2 Å². The van der Waals surface area contributed by atoms with Crippen molar-refractivity contribution >= 4 is 0 Å². The molecule has 1 N–H and O–H groups in total. The summed E-state index contributed by atoms with van der Waals surface area (Å²) >= 11 is 0. The van der Waals surface area contributed by atoms with Crippen LogP contribution in [0.25, 0.3) is 0 Å². The lowest BCUT2D eigenvalue weighted by atomic mass is 10.4. The SMILES string of the molecule is CN(C)CCCNCCN(C)CC(F)(F)F. The summed E-state index contributed by atoms with van der Waals surface area (Å²) in [6, 6.07) is 0. The fourth-order valence-electron chi connectivity index (χ4n) is 1.30. The van der Waals surface area contributed by atoms with Crippen molar-refractivity contribution in [2.45, 2.75) is 12.6 Å². The summed E-state index contributed by atoms with van der Waals surface area (Å²) in [5, 5.41) is 3.12. The zero-order chi connectivity index (χ0) is 12.6. The van der Waals surface area contributed by atoms with E-state index in [-0.39, 0.29) is 0 Å². The van der Waals surface area contributed by atoms with Gasteiger partial charge in [0.25, 0.3) is 0 Å². The highest BCUT2D eigenvalue weighted by Gasteiger charge is 2.28. The molecule has 0 aromatic rings. The molecule has 98 valence electrons. The third kappa shape index (κ3) is 11.7. The second-order valence-corrected chi connectivity index (χ2v) is 4.26. The van der Waals surface area contributed by atoms with Crippen LogP contribution in [0.2, 0.25) is 0 Å². The molecule has 0 unspecified atom stereocenters. The van der Waals surface area contributed by atoms with Crippen LogP contribution in [0.3, 0.4) is 0 Å². The summed E-state index contributed by atoms with van der Waals surface area (Å²) in [6.07, 6.45) is -3.09. The molecule has 0 aromatic heterocycles. The van der Waals surface area contributed by atoms with Gasteiger partial charge in [0.1, 0.15) is 0 Å². The van der Waals surface area contributed by atoms with Crippen molar-refractivity contribution in [3.8, 4) is 0 Å². The zero-order valence-electron chi connectivity index (χ0n) is 10.3. The van der Waals surface area contributed by atoms with Gasteiger partial charge in [-0.3, -0.25) is 4.90 Å². The topological polar surface area (TPSA) is 18.5 Å². The van der Waals surface area contributed by atoms with Crippen molar-refractivity contribution in [2.24, 2.45) is 0 Å². The van der Waals surface area contributed by atoms with Gasteiger partial charge >= 0.3 is 6.18 Å². The molecule has 0 aliphatic heterocycles. The third-order valence-corrected chi connectivity index (χ3v) is 2.08. The van der Waals surface area contributed by atoms with Gasteiger partial charge in [-0.25, -0.2) is 0 Å². The van der Waals surface area contributed by atoms with Crippen LogP contribution in [0.1, 0.15) is 6.42 Å². The molecular weight excluding hydrogens is 219 g/mol. The second kappa shape index (κ2) is 7.86. The molecule has 0 fully saturated rings. The maximum absolute atomic E-state index is 12.0. The van der Waals surface area contributed by atoms with E-state index >= 15 is 0 Å². The number of nitrogens with one attached hydrogen (secondary N) is 1. The minimum Gasteiger partial charge on any atom is -0.315 e. The average Bonchev–Trinajstić information content (AvgIpc) is 2.07. The minimum atomic E-state index is -4.10. The molecule has 0 saturated heterocycles. The first-order valence-electron chi connectivity index (χ1n) is 5.42. The fraction of sp³-hybridized carbons (Fsp3) is 1.00. The van der Waals surface area contributed by atoms with E-state index in [2.05, 4.69) is 10.2 Å². The van der Waals surface area contributed by atoms with E-state index in [1.54, 1.807) is 0 Å². The summed E-state index contributed by atoms with van der Waals surface area (Å²) in [5.41, 5.74) is 0. The fourth-order valence-corrected chi connectivity index (χ4v) is 1.30. The van der Waals surface area contributed by atoms with E-state index in [4.69, 9.17) is 0 Å². The maximum Gasteiger partial charge on any atom is 0.401 e. The Hall–Kier alpha value is -0.330. The van der Waals surface area contributed by atoms with Gasteiger partial charge in [-0.1, -0.05) is 0 Å². The van der Waals surface area contributed by atoms with Crippen LogP contribution in [0, 0.1) is 0 Å². The Morgan fingerprint density at radius 3 is 2.12 bits per heavy atom. The summed E-state index contributed by atoms with van der Waals surface area (Å²) < 4.78 is 35.9. The highest BCUT2D eigenvalue weighted by atomic mass is 19.4. The van der Waals surface area contributed by atoms with E-state index in [0.29, 0.717) is 13.1 Å². The molecule has 0 radical (unpaired) electrons. The average molecular weight is 241 g/mol. The molecule has 0 amide bonds. The lowest BCUT2D eigenvalue weighted by molar-refractivity contribution is -0.142. The smallest absolute Gasteiger partial charge is 0.315 e. The lowest BCUT2D eigenvalue weighted by Crippen LogP contribution is -2.36. The summed E-state index contributed by atoms with van der Waals surface area (Å²) in [4.78, 5) is 3.36. The molecule has 0 aliphatic rings. The van der Waals surface area contributed by atoms with Gasteiger partial charge in [0, 0.05) is 13.1 Å². The normalized spacial score (nSPS) is 12.8. The van der Waals surface area contributed by atoms with Crippen molar-refractivity contribution in [3.05, 3.63) is 0 Å². The van der Waals surface area contributed by atoms with E-state index < -0.39 is 12.7 Å². The van der Waals surface area contributed by atoms with Crippen molar-refractivity contribution in [1.29, 1.82) is 0 Å². The van der Waals surface area contributed by atoms with Crippen LogP contribution in [0.5, 0.6) is 0 Å². The molecule has 0 rings (SSSR count). The predicted molar refractivity (Wildman–Crippen MR) is 59.6 cm³/mol. The van der Waals surface area contributed by atoms with E-state index in [1.165, 1.54) is 11.9 Å². The number of hydrogen-bond donors (Lipinski definition) is 1. The number of halogens is 3. The van der Waals surface area contributed by atoms with Gasteiger partial charge in [-0.05, 0) is 40.7 Å². The van der Waals surface area contributed by atoms with Crippen LogP contribution >= 0.6 is 0 Å². The highest BCUT2D eigenvalue weighted by molar-refractivity contribution is 4.60. The monoisotopic (exact) mass is 241 g/mol. The van der Waals surface area contributed by atoms with Gasteiger partial charge in [-0.2, -0.15) is 13.2 Å². The molecule has 0 atom stereocenters. The Bertz CT molecular complexity index is 171. The summed E-state index contributed by atoms with van der Waals surface area (Å²) in [7, 11) is 5.48. The molecule has 6 heteroatoms. The van der Waals surface area contributed by atoms with Crippen LogP contribution < -0.4 is 5.32 Å². The first kappa shape index (κ1) is 15.7. The number of hydrogen-bond acceptors (Lipinski definition) is 3. The minimum absolute atomic E-state index is 0.418. The number of likely N-dealkylation sites (N-methyl/N-ethyl adjacent to an activating group) is 1.